The van der Waals surface area contributed by atoms with E-state index < -0.39 is 5.97 Å². The summed E-state index contributed by atoms with van der Waals surface area (Å²) in [5, 5.41) is 17.9. The van der Waals surface area contributed by atoms with Crippen LogP contribution in [0.15, 0.2) is 15.7 Å². The summed E-state index contributed by atoms with van der Waals surface area (Å²) in [6, 6.07) is 0. The van der Waals surface area contributed by atoms with E-state index in [0.29, 0.717) is 28.9 Å². The predicted molar refractivity (Wildman–Crippen MR) is 124 cm³/mol. The largest absolute Gasteiger partial charge is 0.478 e. The number of carboxylic acid groups (broad SMARTS) is 1. The molecule has 1 unspecified atom stereocenters. The molecule has 8 heteroatoms. The number of nitrogens with zero attached hydrogens (tertiary/aromatic N) is 2. The molecular formula is C25H29N3O4S. The van der Waals surface area contributed by atoms with Crippen molar-refractivity contribution in [2.75, 3.05) is 5.32 Å². The fraction of sp³-hybridized carbons (Fsp3) is 0.600. The van der Waals surface area contributed by atoms with Gasteiger partial charge in [-0.3, -0.25) is 4.79 Å². The number of hydrogen-bond acceptors (Lipinski definition) is 6. The molecule has 2 N–H and O–H groups in total. The maximum Gasteiger partial charge on any atom is 0.332 e. The van der Waals surface area contributed by atoms with Crippen molar-refractivity contribution in [2.45, 2.75) is 77.0 Å². The van der Waals surface area contributed by atoms with Gasteiger partial charge >= 0.3 is 5.97 Å². The van der Waals surface area contributed by atoms with E-state index in [-0.39, 0.29) is 17.7 Å². The number of rotatable bonds is 6. The molecule has 5 aliphatic carbocycles. The molecule has 2 bridgehead atoms. The summed E-state index contributed by atoms with van der Waals surface area (Å²) in [5.41, 5.74) is 2.88. The summed E-state index contributed by atoms with van der Waals surface area (Å²) in [7, 11) is 0. The van der Waals surface area contributed by atoms with Gasteiger partial charge in [0.15, 0.2) is 5.82 Å². The van der Waals surface area contributed by atoms with E-state index in [1.54, 1.807) is 11.3 Å². The van der Waals surface area contributed by atoms with Crippen LogP contribution in [-0.2, 0) is 22.4 Å². The van der Waals surface area contributed by atoms with Crippen LogP contribution in [0.2, 0.25) is 0 Å². The third-order valence-electron chi connectivity index (χ3n) is 8.08. The standard InChI is InChI=1S/C25H29N3O4S/c1-2-12-3-10-16-17(11-12)33-24(20(16)23-26-21(28-32-23)15-8-9-15)27-22(29)18-13-4-6-14(7-5-13)19(18)25(30)31/h12-15H,2-11H2,1H3,(H,27,29)(H,30,31). The average molecular weight is 468 g/mol. The Balaban J connectivity index is 1.39. The molecule has 2 heterocycles. The molecule has 1 atom stereocenters. The van der Waals surface area contributed by atoms with Crippen molar-refractivity contribution in [1.29, 1.82) is 0 Å². The summed E-state index contributed by atoms with van der Waals surface area (Å²) in [5.74, 6) is 1.09. The van der Waals surface area contributed by atoms with Gasteiger partial charge in [-0.1, -0.05) is 18.5 Å². The van der Waals surface area contributed by atoms with E-state index in [2.05, 4.69) is 17.4 Å². The monoisotopic (exact) mass is 467 g/mol. The highest BCUT2D eigenvalue weighted by molar-refractivity contribution is 7.17. The molecule has 1 amide bonds. The normalized spacial score (nSPS) is 26.4. The Labute approximate surface area is 196 Å². The highest BCUT2D eigenvalue weighted by Crippen LogP contribution is 2.49. The van der Waals surface area contributed by atoms with Gasteiger partial charge in [-0.25, -0.2) is 4.79 Å². The van der Waals surface area contributed by atoms with Crippen LogP contribution in [0.3, 0.4) is 0 Å². The second-order valence-electron chi connectivity index (χ2n) is 10.1. The Kier molecular flexibility index (Phi) is 5.16. The summed E-state index contributed by atoms with van der Waals surface area (Å²) in [6.07, 6.45) is 9.89. The third-order valence-corrected chi connectivity index (χ3v) is 9.25. The smallest absolute Gasteiger partial charge is 0.332 e. The van der Waals surface area contributed by atoms with Gasteiger partial charge in [0.25, 0.3) is 11.8 Å². The van der Waals surface area contributed by atoms with Crippen LogP contribution in [0.4, 0.5) is 5.00 Å². The molecule has 0 radical (unpaired) electrons. The van der Waals surface area contributed by atoms with Crippen molar-refractivity contribution in [3.8, 4) is 11.5 Å². The first-order chi connectivity index (χ1) is 16.0. The Morgan fingerprint density at radius 2 is 1.76 bits per heavy atom. The van der Waals surface area contributed by atoms with E-state index in [1.165, 1.54) is 10.4 Å². The highest BCUT2D eigenvalue weighted by atomic mass is 32.1. The van der Waals surface area contributed by atoms with Gasteiger partial charge in [0.1, 0.15) is 5.00 Å². The first kappa shape index (κ1) is 21.1. The summed E-state index contributed by atoms with van der Waals surface area (Å²) in [4.78, 5) is 31.5. The molecule has 174 valence electrons. The van der Waals surface area contributed by atoms with Crippen LogP contribution in [0.1, 0.15) is 80.5 Å². The first-order valence-electron chi connectivity index (χ1n) is 12.3. The number of thiophene rings is 1. The third kappa shape index (κ3) is 3.63. The number of carbonyl (C=O) groups is 2. The van der Waals surface area contributed by atoms with Gasteiger partial charge < -0.3 is 14.9 Å². The van der Waals surface area contributed by atoms with Crippen molar-refractivity contribution in [2.24, 2.45) is 17.8 Å². The molecule has 0 aromatic carbocycles. The summed E-state index contributed by atoms with van der Waals surface area (Å²) in [6.45, 7) is 2.23. The molecular weight excluding hydrogens is 438 g/mol. The Morgan fingerprint density at radius 3 is 2.42 bits per heavy atom. The zero-order valence-corrected chi connectivity index (χ0v) is 19.7. The van der Waals surface area contributed by atoms with Crippen molar-refractivity contribution in [3.05, 3.63) is 27.4 Å². The fourth-order valence-electron chi connectivity index (χ4n) is 6.04. The topological polar surface area (TPSA) is 105 Å². The number of aliphatic carboxylic acids is 1. The highest BCUT2D eigenvalue weighted by Gasteiger charge is 2.41. The molecule has 2 aromatic heterocycles. The Morgan fingerprint density at radius 1 is 1.06 bits per heavy atom. The van der Waals surface area contributed by atoms with Gasteiger partial charge in [0.2, 0.25) is 0 Å². The number of carboxylic acids is 1. The number of carbonyl (C=O) groups excluding carboxylic acids is 1. The van der Waals surface area contributed by atoms with Crippen molar-refractivity contribution in [1.82, 2.24) is 10.1 Å². The molecule has 2 aromatic rings. The molecule has 0 aliphatic heterocycles. The van der Waals surface area contributed by atoms with Crippen LogP contribution in [0.5, 0.6) is 0 Å². The van der Waals surface area contributed by atoms with E-state index >= 15 is 0 Å². The van der Waals surface area contributed by atoms with Crippen LogP contribution in [0, 0.1) is 17.8 Å². The van der Waals surface area contributed by atoms with Gasteiger partial charge in [-0.15, -0.1) is 11.3 Å². The van der Waals surface area contributed by atoms with Gasteiger partial charge in [0.05, 0.1) is 5.56 Å². The number of nitrogens with one attached hydrogen (secondary N) is 1. The molecule has 33 heavy (non-hydrogen) atoms. The number of fused-ring (bicyclic) bond motifs is 3. The maximum absolute atomic E-state index is 13.5. The van der Waals surface area contributed by atoms with Gasteiger partial charge in [-0.2, -0.15) is 4.98 Å². The lowest BCUT2D eigenvalue weighted by Crippen LogP contribution is -2.35. The number of hydrogen-bond donors (Lipinski definition) is 2. The van der Waals surface area contributed by atoms with E-state index in [0.717, 1.165) is 80.6 Å². The Hall–Kier alpha value is -2.48. The van der Waals surface area contributed by atoms with E-state index in [9.17, 15) is 14.7 Å². The van der Waals surface area contributed by atoms with E-state index in [1.807, 2.05) is 0 Å². The number of anilines is 1. The second kappa shape index (κ2) is 8.08. The molecule has 2 fully saturated rings. The SMILES string of the molecule is CCC1CCc2c(sc(NC(=O)C3=C(C(=O)O)C4CCC3CC4)c2-c2nc(C3CC3)no2)C1. The minimum Gasteiger partial charge on any atom is -0.478 e. The van der Waals surface area contributed by atoms with Gasteiger partial charge in [0, 0.05) is 21.9 Å². The summed E-state index contributed by atoms with van der Waals surface area (Å²) < 4.78 is 5.69. The zero-order valence-electron chi connectivity index (χ0n) is 18.9. The number of amides is 1. The lowest BCUT2D eigenvalue weighted by atomic mass is 9.66. The van der Waals surface area contributed by atoms with Crippen LogP contribution in [0.25, 0.3) is 11.5 Å². The van der Waals surface area contributed by atoms with Crippen molar-refractivity contribution in [3.63, 3.8) is 0 Å². The lowest BCUT2D eigenvalue weighted by Gasteiger charge is -2.37. The minimum atomic E-state index is -0.947. The fourth-order valence-corrected chi connectivity index (χ4v) is 7.39. The molecule has 2 saturated carbocycles. The van der Waals surface area contributed by atoms with Crippen molar-refractivity contribution < 1.29 is 19.2 Å². The zero-order chi connectivity index (χ0) is 22.7. The molecule has 7 rings (SSSR count). The average Bonchev–Trinajstić information content (AvgIpc) is 3.46. The number of aromatic nitrogens is 2. The van der Waals surface area contributed by atoms with Gasteiger partial charge in [-0.05, 0) is 81.1 Å². The van der Waals surface area contributed by atoms with Crippen LogP contribution < -0.4 is 5.32 Å². The summed E-state index contributed by atoms with van der Waals surface area (Å²) >= 11 is 1.60. The first-order valence-corrected chi connectivity index (χ1v) is 13.1. The second-order valence-corrected chi connectivity index (χ2v) is 11.2. The van der Waals surface area contributed by atoms with E-state index in [4.69, 9.17) is 9.51 Å². The predicted octanol–water partition coefficient (Wildman–Crippen LogP) is 5.33. The molecule has 0 spiro atoms. The molecule has 0 saturated heterocycles. The quantitative estimate of drug-likeness (QED) is 0.595. The lowest BCUT2D eigenvalue weighted by molar-refractivity contribution is -0.134. The molecule has 7 nitrogen and oxygen atoms in total. The van der Waals surface area contributed by atoms with Crippen LogP contribution >= 0.6 is 11.3 Å². The van der Waals surface area contributed by atoms with Crippen LogP contribution in [-0.4, -0.2) is 27.1 Å². The molecule has 5 aliphatic rings. The minimum absolute atomic E-state index is 0.00776. The van der Waals surface area contributed by atoms with Crippen molar-refractivity contribution >= 4 is 28.2 Å². The Bertz CT molecular complexity index is 1150. The maximum atomic E-state index is 13.5.